The van der Waals surface area contributed by atoms with E-state index < -0.39 is 5.91 Å². The summed E-state index contributed by atoms with van der Waals surface area (Å²) in [4.78, 5) is 12.1. The lowest BCUT2D eigenvalue weighted by Crippen LogP contribution is -2.12. The molecule has 0 saturated carbocycles. The SMILES string of the molecule is COc1ccc(C(=O)Nc2ccc(OC)c(N)c2)c(O)c1. The molecule has 4 N–H and O–H groups in total. The van der Waals surface area contributed by atoms with Crippen LogP contribution in [0.1, 0.15) is 10.4 Å². The number of rotatable bonds is 4. The first-order valence-electron chi connectivity index (χ1n) is 6.17. The van der Waals surface area contributed by atoms with E-state index in [1.54, 1.807) is 24.3 Å². The van der Waals surface area contributed by atoms with Crippen LogP contribution in [-0.2, 0) is 0 Å². The third-order valence-electron chi connectivity index (χ3n) is 2.94. The van der Waals surface area contributed by atoms with E-state index in [4.69, 9.17) is 15.2 Å². The molecule has 0 fully saturated rings. The fraction of sp³-hybridized carbons (Fsp3) is 0.133. The van der Waals surface area contributed by atoms with Gasteiger partial charge in [0.15, 0.2) is 0 Å². The smallest absolute Gasteiger partial charge is 0.259 e. The minimum absolute atomic E-state index is 0.144. The van der Waals surface area contributed by atoms with Crippen LogP contribution in [0.15, 0.2) is 36.4 Å². The Morgan fingerprint density at radius 3 is 2.48 bits per heavy atom. The summed E-state index contributed by atoms with van der Waals surface area (Å²) in [6.07, 6.45) is 0. The zero-order chi connectivity index (χ0) is 15.4. The fourth-order valence-electron chi connectivity index (χ4n) is 1.84. The molecule has 0 aliphatic carbocycles. The molecular weight excluding hydrogens is 272 g/mol. The van der Waals surface area contributed by atoms with Crippen molar-refractivity contribution in [3.05, 3.63) is 42.0 Å². The van der Waals surface area contributed by atoms with Crippen molar-refractivity contribution in [3.63, 3.8) is 0 Å². The number of carbonyl (C=O) groups is 1. The maximum Gasteiger partial charge on any atom is 0.259 e. The number of amides is 1. The van der Waals surface area contributed by atoms with Gasteiger partial charge in [0.1, 0.15) is 17.2 Å². The molecule has 0 radical (unpaired) electrons. The number of nitrogens with two attached hydrogens (primary N) is 1. The van der Waals surface area contributed by atoms with Gasteiger partial charge in [0, 0.05) is 11.8 Å². The van der Waals surface area contributed by atoms with Gasteiger partial charge in [-0.1, -0.05) is 0 Å². The van der Waals surface area contributed by atoms with Crippen LogP contribution in [0.2, 0.25) is 0 Å². The van der Waals surface area contributed by atoms with Crippen LogP contribution in [-0.4, -0.2) is 25.2 Å². The molecule has 0 aliphatic heterocycles. The van der Waals surface area contributed by atoms with Crippen molar-refractivity contribution in [2.45, 2.75) is 0 Å². The van der Waals surface area contributed by atoms with Gasteiger partial charge in [-0.25, -0.2) is 0 Å². The molecule has 2 aromatic rings. The molecule has 110 valence electrons. The molecule has 2 aromatic carbocycles. The second-order valence-corrected chi connectivity index (χ2v) is 4.29. The first-order chi connectivity index (χ1) is 10.0. The topological polar surface area (TPSA) is 93.8 Å². The first-order valence-corrected chi connectivity index (χ1v) is 6.17. The van der Waals surface area contributed by atoms with Crippen molar-refractivity contribution < 1.29 is 19.4 Å². The van der Waals surface area contributed by atoms with E-state index >= 15 is 0 Å². The van der Waals surface area contributed by atoms with Crippen LogP contribution < -0.4 is 20.5 Å². The van der Waals surface area contributed by atoms with Gasteiger partial charge >= 0.3 is 0 Å². The van der Waals surface area contributed by atoms with Crippen molar-refractivity contribution >= 4 is 17.3 Å². The number of nitrogen functional groups attached to an aromatic ring is 1. The van der Waals surface area contributed by atoms with Crippen LogP contribution in [0, 0.1) is 0 Å². The van der Waals surface area contributed by atoms with Crippen molar-refractivity contribution in [1.29, 1.82) is 0 Å². The molecule has 0 saturated heterocycles. The quantitative estimate of drug-likeness (QED) is 0.750. The van der Waals surface area contributed by atoms with Crippen LogP contribution in [0.25, 0.3) is 0 Å². The summed E-state index contributed by atoms with van der Waals surface area (Å²) >= 11 is 0. The highest BCUT2D eigenvalue weighted by Crippen LogP contribution is 2.27. The summed E-state index contributed by atoms with van der Waals surface area (Å²) in [5.41, 5.74) is 6.83. The van der Waals surface area contributed by atoms with Gasteiger partial charge in [-0.15, -0.1) is 0 Å². The average molecular weight is 288 g/mol. The summed E-state index contributed by atoms with van der Waals surface area (Å²) in [6, 6.07) is 9.34. The van der Waals surface area contributed by atoms with Crippen LogP contribution in [0.3, 0.4) is 0 Å². The lowest BCUT2D eigenvalue weighted by molar-refractivity contribution is 0.102. The summed E-state index contributed by atoms with van der Waals surface area (Å²) in [5, 5.41) is 12.5. The molecule has 2 rings (SSSR count). The Labute approximate surface area is 122 Å². The zero-order valence-corrected chi connectivity index (χ0v) is 11.7. The van der Waals surface area contributed by atoms with Gasteiger partial charge in [0.25, 0.3) is 5.91 Å². The molecule has 0 atom stereocenters. The molecule has 1 amide bonds. The van der Waals surface area contributed by atoms with E-state index in [2.05, 4.69) is 5.32 Å². The minimum atomic E-state index is -0.445. The van der Waals surface area contributed by atoms with Gasteiger partial charge in [-0.3, -0.25) is 4.79 Å². The average Bonchev–Trinajstić information content (AvgIpc) is 2.47. The van der Waals surface area contributed by atoms with Crippen LogP contribution in [0.5, 0.6) is 17.2 Å². The summed E-state index contributed by atoms with van der Waals surface area (Å²) in [7, 11) is 2.99. The Bertz CT molecular complexity index is 671. The fourth-order valence-corrected chi connectivity index (χ4v) is 1.84. The molecular formula is C15H16N2O4. The highest BCUT2D eigenvalue weighted by molar-refractivity contribution is 6.06. The Morgan fingerprint density at radius 1 is 1.14 bits per heavy atom. The number of nitrogens with one attached hydrogen (secondary N) is 1. The monoisotopic (exact) mass is 288 g/mol. The van der Waals surface area contributed by atoms with E-state index in [1.165, 1.54) is 26.4 Å². The zero-order valence-electron chi connectivity index (χ0n) is 11.7. The number of phenolic OH excluding ortho intramolecular Hbond substituents is 1. The maximum absolute atomic E-state index is 12.1. The number of benzene rings is 2. The number of ether oxygens (including phenoxy) is 2. The molecule has 0 bridgehead atoms. The molecule has 6 heteroatoms. The third kappa shape index (κ3) is 3.17. The van der Waals surface area contributed by atoms with Gasteiger partial charge in [-0.2, -0.15) is 0 Å². The number of hydrogen-bond acceptors (Lipinski definition) is 5. The van der Waals surface area contributed by atoms with Gasteiger partial charge in [0.05, 0.1) is 25.5 Å². The standard InChI is InChI=1S/C15H16N2O4/c1-20-10-4-5-11(13(18)8-10)15(19)17-9-3-6-14(21-2)12(16)7-9/h3-8,18H,16H2,1-2H3,(H,17,19). The number of hydrogen-bond donors (Lipinski definition) is 3. The number of aromatic hydroxyl groups is 1. The minimum Gasteiger partial charge on any atom is -0.507 e. The van der Waals surface area contributed by atoms with E-state index in [1.807, 2.05) is 0 Å². The van der Waals surface area contributed by atoms with E-state index in [9.17, 15) is 9.90 Å². The Kier molecular flexibility index (Phi) is 4.18. The maximum atomic E-state index is 12.1. The van der Waals surface area contributed by atoms with Crippen molar-refractivity contribution in [3.8, 4) is 17.2 Å². The summed E-state index contributed by atoms with van der Waals surface area (Å²) in [5.74, 6) is 0.395. The second kappa shape index (κ2) is 6.04. The number of phenols is 1. The Morgan fingerprint density at radius 2 is 1.90 bits per heavy atom. The highest BCUT2D eigenvalue weighted by Gasteiger charge is 2.13. The third-order valence-corrected chi connectivity index (χ3v) is 2.94. The molecule has 0 spiro atoms. The predicted molar refractivity (Wildman–Crippen MR) is 80.0 cm³/mol. The Balaban J connectivity index is 2.20. The van der Waals surface area contributed by atoms with Gasteiger partial charge in [0.2, 0.25) is 0 Å². The number of carbonyl (C=O) groups excluding carboxylic acids is 1. The van der Waals surface area contributed by atoms with Crippen LogP contribution >= 0.6 is 0 Å². The van der Waals surface area contributed by atoms with E-state index in [-0.39, 0.29) is 11.3 Å². The van der Waals surface area contributed by atoms with Crippen LogP contribution in [0.4, 0.5) is 11.4 Å². The lowest BCUT2D eigenvalue weighted by atomic mass is 10.1. The normalized spacial score (nSPS) is 10.0. The van der Waals surface area contributed by atoms with E-state index in [0.29, 0.717) is 22.9 Å². The van der Waals surface area contributed by atoms with E-state index in [0.717, 1.165) is 0 Å². The van der Waals surface area contributed by atoms with Crippen molar-refractivity contribution in [1.82, 2.24) is 0 Å². The molecule has 0 aliphatic rings. The largest absolute Gasteiger partial charge is 0.507 e. The molecule has 0 heterocycles. The molecule has 21 heavy (non-hydrogen) atoms. The second-order valence-electron chi connectivity index (χ2n) is 4.29. The Hall–Kier alpha value is -2.89. The molecule has 6 nitrogen and oxygen atoms in total. The number of methoxy groups -OCH3 is 2. The first kappa shape index (κ1) is 14.5. The van der Waals surface area contributed by atoms with Crippen molar-refractivity contribution in [2.24, 2.45) is 0 Å². The molecule has 0 unspecified atom stereocenters. The molecule has 0 aromatic heterocycles. The number of anilines is 2. The van der Waals surface area contributed by atoms with Gasteiger partial charge in [-0.05, 0) is 30.3 Å². The van der Waals surface area contributed by atoms with Crippen molar-refractivity contribution in [2.75, 3.05) is 25.3 Å². The lowest BCUT2D eigenvalue weighted by Gasteiger charge is -2.10. The van der Waals surface area contributed by atoms with Gasteiger partial charge < -0.3 is 25.6 Å². The highest BCUT2D eigenvalue weighted by atomic mass is 16.5. The summed E-state index contributed by atoms with van der Waals surface area (Å²) < 4.78 is 10.0. The predicted octanol–water partition coefficient (Wildman–Crippen LogP) is 2.24. The summed E-state index contributed by atoms with van der Waals surface area (Å²) in [6.45, 7) is 0.